The van der Waals surface area contributed by atoms with Crippen LogP contribution in [0.4, 0.5) is 11.4 Å². The number of aromatic carboxylic acids is 1. The molecule has 0 saturated heterocycles. The number of carbonyl (C=O) groups is 1. The van der Waals surface area contributed by atoms with Gasteiger partial charge < -0.3 is 15.2 Å². The third kappa shape index (κ3) is 3.47. The average molecular weight is 349 g/mol. The van der Waals surface area contributed by atoms with Crippen molar-refractivity contribution in [1.82, 2.24) is 10.2 Å². The highest BCUT2D eigenvalue weighted by atomic mass is 35.5. The van der Waals surface area contributed by atoms with Crippen LogP contribution in [-0.2, 0) is 0 Å². The second kappa shape index (κ2) is 6.34. The molecule has 9 heteroatoms. The molecule has 0 amide bonds. The van der Waals surface area contributed by atoms with Crippen LogP contribution in [0.5, 0.6) is 5.75 Å². The number of benzene rings is 1. The van der Waals surface area contributed by atoms with Gasteiger partial charge in [-0.1, -0.05) is 34.8 Å². The number of methoxy groups -OCH3 is 1. The molecular weight excluding hydrogens is 341 g/mol. The van der Waals surface area contributed by atoms with E-state index in [4.69, 9.17) is 44.6 Å². The lowest BCUT2D eigenvalue weighted by Gasteiger charge is -2.13. The first-order valence-corrected chi connectivity index (χ1v) is 6.62. The molecule has 1 heterocycles. The monoisotopic (exact) mass is 347 g/mol. The van der Waals surface area contributed by atoms with Crippen LogP contribution in [0.15, 0.2) is 18.2 Å². The molecule has 6 nitrogen and oxygen atoms in total. The fourth-order valence-electron chi connectivity index (χ4n) is 1.57. The second-order valence-corrected chi connectivity index (χ2v) is 4.99. The minimum atomic E-state index is -1.15. The van der Waals surface area contributed by atoms with E-state index in [-0.39, 0.29) is 26.6 Å². The Balaban J connectivity index is 2.45. The van der Waals surface area contributed by atoms with Crippen molar-refractivity contribution in [1.29, 1.82) is 0 Å². The number of anilines is 2. The standard InChI is InChI=1S/C12H8Cl3N3O3/c1-21-9-3-7(6(13)2-5(9)12(19)20)16-8-4-10(14)17-18-11(8)15/h2-4H,1H3,(H,16,17)(H,19,20). The van der Waals surface area contributed by atoms with E-state index in [1.165, 1.54) is 25.3 Å². The van der Waals surface area contributed by atoms with E-state index >= 15 is 0 Å². The van der Waals surface area contributed by atoms with Crippen LogP contribution in [0.1, 0.15) is 10.4 Å². The van der Waals surface area contributed by atoms with E-state index in [0.717, 1.165) is 0 Å². The molecule has 0 aliphatic heterocycles. The van der Waals surface area contributed by atoms with E-state index in [1.807, 2.05) is 0 Å². The normalized spacial score (nSPS) is 10.3. The van der Waals surface area contributed by atoms with Gasteiger partial charge in [0.05, 0.1) is 23.5 Å². The number of nitrogens with one attached hydrogen (secondary N) is 1. The van der Waals surface area contributed by atoms with E-state index in [2.05, 4.69) is 15.5 Å². The number of hydrogen-bond donors (Lipinski definition) is 2. The van der Waals surface area contributed by atoms with E-state index in [1.54, 1.807) is 0 Å². The lowest BCUT2D eigenvalue weighted by Crippen LogP contribution is -2.03. The molecule has 1 aromatic heterocycles. The molecule has 2 rings (SSSR count). The summed E-state index contributed by atoms with van der Waals surface area (Å²) in [5, 5.41) is 19.6. The summed E-state index contributed by atoms with van der Waals surface area (Å²) in [6.45, 7) is 0. The molecule has 0 aliphatic carbocycles. The van der Waals surface area contributed by atoms with Crippen molar-refractivity contribution in [3.8, 4) is 5.75 Å². The van der Waals surface area contributed by atoms with Gasteiger partial charge >= 0.3 is 5.97 Å². The number of halogens is 3. The number of carboxylic acids is 1. The molecule has 0 radical (unpaired) electrons. The Labute approximate surface area is 134 Å². The third-order valence-electron chi connectivity index (χ3n) is 2.51. The Kier molecular flexibility index (Phi) is 4.72. The molecule has 0 bridgehead atoms. The fraction of sp³-hybridized carbons (Fsp3) is 0.0833. The van der Waals surface area contributed by atoms with Gasteiger partial charge in [0, 0.05) is 12.1 Å². The number of aromatic nitrogens is 2. The SMILES string of the molecule is COc1cc(Nc2cc(Cl)nnc2Cl)c(Cl)cc1C(=O)O. The third-order valence-corrected chi connectivity index (χ3v) is 3.28. The summed E-state index contributed by atoms with van der Waals surface area (Å²) in [6, 6.07) is 4.18. The van der Waals surface area contributed by atoms with Gasteiger partial charge in [0.1, 0.15) is 11.3 Å². The molecular formula is C12H8Cl3N3O3. The zero-order chi connectivity index (χ0) is 15.6. The maximum Gasteiger partial charge on any atom is 0.339 e. The van der Waals surface area contributed by atoms with Crippen molar-refractivity contribution in [3.63, 3.8) is 0 Å². The summed E-state index contributed by atoms with van der Waals surface area (Å²) in [4.78, 5) is 11.1. The summed E-state index contributed by atoms with van der Waals surface area (Å²) < 4.78 is 5.03. The average Bonchev–Trinajstić information content (AvgIpc) is 2.44. The Morgan fingerprint density at radius 1 is 1.19 bits per heavy atom. The summed E-state index contributed by atoms with van der Waals surface area (Å²) >= 11 is 17.7. The maximum absolute atomic E-state index is 11.1. The number of nitrogens with zero attached hydrogens (tertiary/aromatic N) is 2. The van der Waals surface area contributed by atoms with E-state index in [0.29, 0.717) is 11.4 Å². The molecule has 110 valence electrons. The molecule has 0 aliphatic rings. The van der Waals surface area contributed by atoms with Gasteiger partial charge in [-0.3, -0.25) is 0 Å². The van der Waals surface area contributed by atoms with E-state index in [9.17, 15) is 4.79 Å². The highest BCUT2D eigenvalue weighted by Gasteiger charge is 2.16. The van der Waals surface area contributed by atoms with Crippen molar-refractivity contribution < 1.29 is 14.6 Å². The number of ether oxygens (including phenoxy) is 1. The van der Waals surface area contributed by atoms with Crippen LogP contribution in [0.25, 0.3) is 0 Å². The van der Waals surface area contributed by atoms with E-state index < -0.39 is 5.97 Å². The largest absolute Gasteiger partial charge is 0.496 e. The van der Waals surface area contributed by atoms with Crippen LogP contribution in [-0.4, -0.2) is 28.4 Å². The molecule has 0 atom stereocenters. The first-order valence-electron chi connectivity index (χ1n) is 5.49. The molecule has 2 N–H and O–H groups in total. The predicted molar refractivity (Wildman–Crippen MR) is 80.3 cm³/mol. The Hall–Kier alpha value is -1.76. The molecule has 0 fully saturated rings. The van der Waals surface area contributed by atoms with Crippen LogP contribution >= 0.6 is 34.8 Å². The highest BCUT2D eigenvalue weighted by molar-refractivity contribution is 6.35. The summed E-state index contributed by atoms with van der Waals surface area (Å²) in [5.74, 6) is -0.995. The maximum atomic E-state index is 11.1. The van der Waals surface area contributed by atoms with Crippen LogP contribution in [0, 0.1) is 0 Å². The van der Waals surface area contributed by atoms with Crippen LogP contribution in [0.2, 0.25) is 15.3 Å². The van der Waals surface area contributed by atoms with Crippen LogP contribution in [0.3, 0.4) is 0 Å². The van der Waals surface area contributed by atoms with Gasteiger partial charge in [0.25, 0.3) is 0 Å². The molecule has 1 aromatic carbocycles. The first kappa shape index (κ1) is 15.6. The van der Waals surface area contributed by atoms with Gasteiger partial charge in [-0.15, -0.1) is 10.2 Å². The summed E-state index contributed by atoms with van der Waals surface area (Å²) in [7, 11) is 1.36. The fourth-order valence-corrected chi connectivity index (χ4v) is 2.07. The molecule has 0 spiro atoms. The first-order chi connectivity index (χ1) is 9.92. The Bertz CT molecular complexity index is 710. The highest BCUT2D eigenvalue weighted by Crippen LogP contribution is 2.34. The minimum Gasteiger partial charge on any atom is -0.496 e. The smallest absolute Gasteiger partial charge is 0.339 e. The van der Waals surface area contributed by atoms with Gasteiger partial charge in [-0.25, -0.2) is 4.79 Å². The zero-order valence-corrected chi connectivity index (χ0v) is 12.8. The zero-order valence-electron chi connectivity index (χ0n) is 10.5. The number of carboxylic acid groups (broad SMARTS) is 1. The predicted octanol–water partition coefficient (Wildman–Crippen LogP) is 3.89. The lowest BCUT2D eigenvalue weighted by atomic mass is 10.1. The quantitative estimate of drug-likeness (QED) is 0.872. The lowest BCUT2D eigenvalue weighted by molar-refractivity contribution is 0.0693. The van der Waals surface area contributed by atoms with Gasteiger partial charge in [-0.05, 0) is 6.07 Å². The van der Waals surface area contributed by atoms with Gasteiger partial charge in [-0.2, -0.15) is 0 Å². The molecule has 21 heavy (non-hydrogen) atoms. The Morgan fingerprint density at radius 3 is 2.52 bits per heavy atom. The van der Waals surface area contributed by atoms with Crippen molar-refractivity contribution in [2.45, 2.75) is 0 Å². The minimum absolute atomic E-state index is 0.0509. The molecule has 0 unspecified atom stereocenters. The topological polar surface area (TPSA) is 84.3 Å². The number of hydrogen-bond acceptors (Lipinski definition) is 5. The molecule has 2 aromatic rings. The Morgan fingerprint density at radius 2 is 1.90 bits per heavy atom. The van der Waals surface area contributed by atoms with Crippen molar-refractivity contribution in [2.24, 2.45) is 0 Å². The van der Waals surface area contributed by atoms with Gasteiger partial charge in [0.15, 0.2) is 10.3 Å². The second-order valence-electron chi connectivity index (χ2n) is 3.83. The van der Waals surface area contributed by atoms with Gasteiger partial charge in [0.2, 0.25) is 0 Å². The molecule has 0 saturated carbocycles. The van der Waals surface area contributed by atoms with Crippen molar-refractivity contribution >= 4 is 52.1 Å². The van der Waals surface area contributed by atoms with Crippen LogP contribution < -0.4 is 10.1 Å². The summed E-state index contributed by atoms with van der Waals surface area (Å²) in [6.07, 6.45) is 0. The van der Waals surface area contributed by atoms with Crippen molar-refractivity contribution in [3.05, 3.63) is 39.1 Å². The summed E-state index contributed by atoms with van der Waals surface area (Å²) in [5.41, 5.74) is 0.721. The van der Waals surface area contributed by atoms with Crippen molar-refractivity contribution in [2.75, 3.05) is 12.4 Å². The number of rotatable bonds is 4.